The monoisotopic (exact) mass is 222 g/mol. The molecule has 92 valence electrons. The second-order valence-corrected chi connectivity index (χ2v) is 5.45. The minimum Gasteiger partial charge on any atom is -0.375 e. The SMILES string of the molecule is CCO[C@H](C)/C=C/C1=C(C)CCCC1(C)C. The maximum atomic E-state index is 5.53. The molecule has 16 heavy (non-hydrogen) atoms. The highest BCUT2D eigenvalue weighted by molar-refractivity contribution is 5.32. The first-order valence-electron chi connectivity index (χ1n) is 6.47. The maximum absolute atomic E-state index is 5.53. The van der Waals surface area contributed by atoms with Gasteiger partial charge in [0.15, 0.2) is 0 Å². The topological polar surface area (TPSA) is 9.23 Å². The van der Waals surface area contributed by atoms with Crippen LogP contribution in [0.25, 0.3) is 0 Å². The summed E-state index contributed by atoms with van der Waals surface area (Å²) in [6.07, 6.45) is 8.59. The highest BCUT2D eigenvalue weighted by Crippen LogP contribution is 2.40. The predicted octanol–water partition coefficient (Wildman–Crippen LogP) is 4.49. The lowest BCUT2D eigenvalue weighted by Crippen LogP contribution is -2.19. The Hall–Kier alpha value is -0.560. The summed E-state index contributed by atoms with van der Waals surface area (Å²) in [7, 11) is 0. The molecule has 0 aliphatic heterocycles. The van der Waals surface area contributed by atoms with Gasteiger partial charge in [-0.25, -0.2) is 0 Å². The van der Waals surface area contributed by atoms with Gasteiger partial charge in [-0.05, 0) is 51.0 Å². The van der Waals surface area contributed by atoms with E-state index in [0.29, 0.717) is 5.41 Å². The number of ether oxygens (including phenoxy) is 1. The number of hydrogen-bond acceptors (Lipinski definition) is 1. The van der Waals surface area contributed by atoms with E-state index in [1.54, 1.807) is 5.57 Å². The van der Waals surface area contributed by atoms with Gasteiger partial charge in [0.2, 0.25) is 0 Å². The van der Waals surface area contributed by atoms with Crippen LogP contribution in [0.3, 0.4) is 0 Å². The Balaban J connectivity index is 2.77. The van der Waals surface area contributed by atoms with Crippen molar-refractivity contribution in [3.8, 4) is 0 Å². The maximum Gasteiger partial charge on any atom is 0.0730 e. The lowest BCUT2D eigenvalue weighted by atomic mass is 9.72. The Morgan fingerprint density at radius 3 is 2.69 bits per heavy atom. The van der Waals surface area contributed by atoms with Gasteiger partial charge in [-0.15, -0.1) is 0 Å². The van der Waals surface area contributed by atoms with Crippen molar-refractivity contribution in [3.05, 3.63) is 23.3 Å². The zero-order valence-corrected chi connectivity index (χ0v) is 11.5. The molecule has 0 heterocycles. The summed E-state index contributed by atoms with van der Waals surface area (Å²) in [5.41, 5.74) is 3.41. The van der Waals surface area contributed by atoms with Crippen LogP contribution < -0.4 is 0 Å². The van der Waals surface area contributed by atoms with Crippen LogP contribution in [0, 0.1) is 5.41 Å². The molecule has 1 rings (SSSR count). The fourth-order valence-electron chi connectivity index (χ4n) is 2.56. The molecule has 0 saturated carbocycles. The Labute approximate surface area is 101 Å². The molecule has 0 spiro atoms. The van der Waals surface area contributed by atoms with Gasteiger partial charge in [0.05, 0.1) is 6.10 Å². The van der Waals surface area contributed by atoms with Crippen LogP contribution in [0.15, 0.2) is 23.3 Å². The first kappa shape index (κ1) is 13.5. The van der Waals surface area contributed by atoms with Crippen molar-refractivity contribution in [2.45, 2.75) is 60.0 Å². The molecule has 0 aromatic rings. The number of hydrogen-bond donors (Lipinski definition) is 0. The second kappa shape index (κ2) is 5.67. The highest BCUT2D eigenvalue weighted by atomic mass is 16.5. The van der Waals surface area contributed by atoms with E-state index >= 15 is 0 Å². The van der Waals surface area contributed by atoms with Crippen LogP contribution in [0.1, 0.15) is 53.9 Å². The molecule has 1 aliphatic rings. The Morgan fingerprint density at radius 1 is 1.44 bits per heavy atom. The van der Waals surface area contributed by atoms with E-state index in [1.165, 1.54) is 24.8 Å². The zero-order valence-electron chi connectivity index (χ0n) is 11.5. The molecule has 0 fully saturated rings. The Bertz CT molecular complexity index is 284. The molecule has 1 nitrogen and oxygen atoms in total. The minimum atomic E-state index is 0.225. The van der Waals surface area contributed by atoms with Crippen LogP contribution in [-0.2, 0) is 4.74 Å². The average molecular weight is 222 g/mol. The fourth-order valence-corrected chi connectivity index (χ4v) is 2.56. The molecule has 0 aromatic heterocycles. The molecule has 0 radical (unpaired) electrons. The van der Waals surface area contributed by atoms with Gasteiger partial charge in [0, 0.05) is 6.61 Å². The molecule has 0 bridgehead atoms. The standard InChI is InChI=1S/C15H26O/c1-6-16-13(3)9-10-14-12(2)8-7-11-15(14,4)5/h9-10,13H,6-8,11H2,1-5H3/b10-9+/t13-/m1/s1. The molecular weight excluding hydrogens is 196 g/mol. The van der Waals surface area contributed by atoms with Crippen LogP contribution in [0.2, 0.25) is 0 Å². The van der Waals surface area contributed by atoms with Crippen molar-refractivity contribution in [3.63, 3.8) is 0 Å². The van der Waals surface area contributed by atoms with E-state index in [0.717, 1.165) is 6.61 Å². The molecule has 0 aromatic carbocycles. The molecule has 0 unspecified atom stereocenters. The van der Waals surface area contributed by atoms with Gasteiger partial charge in [0.25, 0.3) is 0 Å². The van der Waals surface area contributed by atoms with E-state index in [1.807, 2.05) is 6.92 Å². The summed E-state index contributed by atoms with van der Waals surface area (Å²) in [4.78, 5) is 0. The van der Waals surface area contributed by atoms with Gasteiger partial charge < -0.3 is 4.74 Å². The Morgan fingerprint density at radius 2 is 2.12 bits per heavy atom. The third kappa shape index (κ3) is 3.48. The smallest absolute Gasteiger partial charge is 0.0730 e. The van der Waals surface area contributed by atoms with E-state index in [4.69, 9.17) is 4.74 Å². The van der Waals surface area contributed by atoms with Crippen molar-refractivity contribution in [1.29, 1.82) is 0 Å². The summed E-state index contributed by atoms with van der Waals surface area (Å²) in [6, 6.07) is 0. The molecule has 1 heteroatoms. The number of rotatable bonds is 4. The molecule has 1 aliphatic carbocycles. The van der Waals surface area contributed by atoms with E-state index in [9.17, 15) is 0 Å². The quantitative estimate of drug-likeness (QED) is 0.680. The summed E-state index contributed by atoms with van der Waals surface area (Å²) in [5.74, 6) is 0. The van der Waals surface area contributed by atoms with Crippen molar-refractivity contribution in [2.24, 2.45) is 5.41 Å². The normalized spacial score (nSPS) is 22.8. The summed E-state index contributed by atoms with van der Waals surface area (Å²) >= 11 is 0. The summed E-state index contributed by atoms with van der Waals surface area (Å²) in [6.45, 7) is 11.9. The van der Waals surface area contributed by atoms with Gasteiger partial charge >= 0.3 is 0 Å². The van der Waals surface area contributed by atoms with Crippen molar-refractivity contribution >= 4 is 0 Å². The van der Waals surface area contributed by atoms with E-state index < -0.39 is 0 Å². The average Bonchev–Trinajstić information content (AvgIpc) is 2.16. The molecule has 1 atom stereocenters. The lowest BCUT2D eigenvalue weighted by molar-refractivity contribution is 0.109. The van der Waals surface area contributed by atoms with Crippen molar-refractivity contribution in [2.75, 3.05) is 6.61 Å². The molecular formula is C15H26O. The Kier molecular flexibility index (Phi) is 4.79. The lowest BCUT2D eigenvalue weighted by Gasteiger charge is -2.33. The minimum absolute atomic E-state index is 0.225. The fraction of sp³-hybridized carbons (Fsp3) is 0.733. The zero-order chi connectivity index (χ0) is 12.2. The van der Waals surface area contributed by atoms with Crippen LogP contribution in [0.5, 0.6) is 0 Å². The van der Waals surface area contributed by atoms with Crippen LogP contribution in [-0.4, -0.2) is 12.7 Å². The molecule has 0 amide bonds. The van der Waals surface area contributed by atoms with Crippen LogP contribution >= 0.6 is 0 Å². The second-order valence-electron chi connectivity index (χ2n) is 5.45. The third-order valence-electron chi connectivity index (χ3n) is 3.51. The van der Waals surface area contributed by atoms with Gasteiger partial charge in [0.1, 0.15) is 0 Å². The van der Waals surface area contributed by atoms with Gasteiger partial charge in [-0.1, -0.05) is 31.6 Å². The molecule has 0 N–H and O–H groups in total. The predicted molar refractivity (Wildman–Crippen MR) is 70.6 cm³/mol. The van der Waals surface area contributed by atoms with Gasteiger partial charge in [-0.3, -0.25) is 0 Å². The highest BCUT2D eigenvalue weighted by Gasteiger charge is 2.26. The number of allylic oxidation sites excluding steroid dienone is 3. The van der Waals surface area contributed by atoms with E-state index in [-0.39, 0.29) is 6.10 Å². The van der Waals surface area contributed by atoms with Crippen molar-refractivity contribution in [1.82, 2.24) is 0 Å². The van der Waals surface area contributed by atoms with Crippen LogP contribution in [0.4, 0.5) is 0 Å². The summed E-state index contributed by atoms with van der Waals surface area (Å²) in [5, 5.41) is 0. The molecule has 0 saturated heterocycles. The largest absolute Gasteiger partial charge is 0.375 e. The van der Waals surface area contributed by atoms with Crippen molar-refractivity contribution < 1.29 is 4.74 Å². The van der Waals surface area contributed by atoms with E-state index in [2.05, 4.69) is 39.8 Å². The first-order valence-corrected chi connectivity index (χ1v) is 6.47. The third-order valence-corrected chi connectivity index (χ3v) is 3.51. The van der Waals surface area contributed by atoms with Gasteiger partial charge in [-0.2, -0.15) is 0 Å². The summed E-state index contributed by atoms with van der Waals surface area (Å²) < 4.78 is 5.53. The first-order chi connectivity index (χ1) is 7.47.